The van der Waals surface area contributed by atoms with Gasteiger partial charge < -0.3 is 14.5 Å². The number of sulfonamides is 1. The van der Waals surface area contributed by atoms with Crippen LogP contribution in [0.5, 0.6) is 0 Å². The van der Waals surface area contributed by atoms with Gasteiger partial charge in [0.25, 0.3) is 5.69 Å². The monoisotopic (exact) mass is 467 g/mol. The van der Waals surface area contributed by atoms with Crippen LogP contribution in [-0.2, 0) is 14.8 Å². The molecule has 0 bridgehead atoms. The van der Waals surface area contributed by atoms with Crippen LogP contribution >= 0.6 is 11.6 Å². The number of halogens is 1. The van der Waals surface area contributed by atoms with Crippen molar-refractivity contribution in [3.8, 4) is 0 Å². The highest BCUT2D eigenvalue weighted by Gasteiger charge is 2.30. The van der Waals surface area contributed by atoms with Crippen molar-refractivity contribution in [1.82, 2.24) is 9.29 Å². The summed E-state index contributed by atoms with van der Waals surface area (Å²) < 4.78 is 32.3. The first-order valence-electron chi connectivity index (χ1n) is 9.84. The zero-order valence-electron chi connectivity index (χ0n) is 16.7. The highest BCUT2D eigenvalue weighted by molar-refractivity contribution is 7.89. The molecule has 4 rings (SSSR count). The van der Waals surface area contributed by atoms with Gasteiger partial charge in [0.15, 0.2) is 0 Å². The van der Waals surface area contributed by atoms with Crippen molar-refractivity contribution in [2.45, 2.75) is 4.90 Å². The second-order valence-electron chi connectivity index (χ2n) is 7.23. The number of piperazine rings is 1. The fourth-order valence-electron chi connectivity index (χ4n) is 3.74. The number of benzene rings is 1. The van der Waals surface area contributed by atoms with E-state index >= 15 is 0 Å². The zero-order valence-corrected chi connectivity index (χ0v) is 18.3. The third-order valence-electron chi connectivity index (χ3n) is 5.41. The summed E-state index contributed by atoms with van der Waals surface area (Å²) >= 11 is 5.89. The standard InChI is InChI=1S/C19H22ClN5O5S/c20-15-1-4-19(21-14-15)23-7-5-22(6-8-23)17-3-2-16(13-18(17)25(26)27)31(28,29)24-9-11-30-12-10-24/h1-4,13-14H,5-12H2. The van der Waals surface area contributed by atoms with Crippen LogP contribution in [0.3, 0.4) is 0 Å². The number of nitro benzene ring substituents is 1. The molecule has 0 spiro atoms. The fourth-order valence-corrected chi connectivity index (χ4v) is 5.29. The molecular formula is C19H22ClN5O5S. The van der Waals surface area contributed by atoms with Crippen molar-refractivity contribution in [2.75, 3.05) is 62.3 Å². The Morgan fingerprint density at radius 3 is 2.29 bits per heavy atom. The van der Waals surface area contributed by atoms with E-state index in [1.54, 1.807) is 12.3 Å². The van der Waals surface area contributed by atoms with E-state index in [1.807, 2.05) is 11.0 Å². The molecule has 12 heteroatoms. The first kappa shape index (κ1) is 21.8. The summed E-state index contributed by atoms with van der Waals surface area (Å²) in [6.07, 6.45) is 1.59. The summed E-state index contributed by atoms with van der Waals surface area (Å²) in [5.41, 5.74) is 0.196. The molecule has 166 valence electrons. The molecular weight excluding hydrogens is 446 g/mol. The van der Waals surface area contributed by atoms with Crippen molar-refractivity contribution in [1.29, 1.82) is 0 Å². The Kier molecular flexibility index (Phi) is 6.28. The highest BCUT2D eigenvalue weighted by atomic mass is 35.5. The number of morpholine rings is 1. The van der Waals surface area contributed by atoms with Gasteiger partial charge in [-0.3, -0.25) is 10.1 Å². The second kappa shape index (κ2) is 8.95. The minimum Gasteiger partial charge on any atom is -0.379 e. The number of nitro groups is 1. The van der Waals surface area contributed by atoms with Crippen LogP contribution in [0.1, 0.15) is 0 Å². The van der Waals surface area contributed by atoms with E-state index < -0.39 is 14.9 Å². The lowest BCUT2D eigenvalue weighted by Crippen LogP contribution is -2.47. The van der Waals surface area contributed by atoms with Crippen LogP contribution in [0, 0.1) is 10.1 Å². The molecule has 2 fully saturated rings. The number of nitrogens with zero attached hydrogens (tertiary/aromatic N) is 5. The van der Waals surface area contributed by atoms with E-state index in [0.29, 0.717) is 50.1 Å². The molecule has 2 aliphatic rings. The van der Waals surface area contributed by atoms with E-state index in [9.17, 15) is 18.5 Å². The zero-order chi connectivity index (χ0) is 22.0. The van der Waals surface area contributed by atoms with Crippen molar-refractivity contribution >= 4 is 38.8 Å². The molecule has 1 aromatic heterocycles. The molecule has 0 radical (unpaired) electrons. The lowest BCUT2D eigenvalue weighted by Gasteiger charge is -2.36. The summed E-state index contributed by atoms with van der Waals surface area (Å²) in [6, 6.07) is 7.75. The van der Waals surface area contributed by atoms with E-state index in [-0.39, 0.29) is 23.7 Å². The van der Waals surface area contributed by atoms with Crippen LogP contribution < -0.4 is 9.80 Å². The number of hydrogen-bond donors (Lipinski definition) is 0. The molecule has 1 aromatic carbocycles. The van der Waals surface area contributed by atoms with Crippen LogP contribution in [0.4, 0.5) is 17.2 Å². The molecule has 2 aromatic rings. The van der Waals surface area contributed by atoms with Gasteiger partial charge in [0, 0.05) is 51.5 Å². The van der Waals surface area contributed by atoms with Gasteiger partial charge in [-0.2, -0.15) is 4.31 Å². The summed E-state index contributed by atoms with van der Waals surface area (Å²) in [7, 11) is -3.81. The number of ether oxygens (including phenoxy) is 1. The highest BCUT2D eigenvalue weighted by Crippen LogP contribution is 2.33. The summed E-state index contributed by atoms with van der Waals surface area (Å²) in [4.78, 5) is 19.4. The quantitative estimate of drug-likeness (QED) is 0.485. The predicted octanol–water partition coefficient (Wildman–Crippen LogP) is 1.99. The lowest BCUT2D eigenvalue weighted by molar-refractivity contribution is -0.384. The van der Waals surface area contributed by atoms with Gasteiger partial charge in [0.1, 0.15) is 11.5 Å². The first-order chi connectivity index (χ1) is 14.9. The normalized spacial score (nSPS) is 18.2. The van der Waals surface area contributed by atoms with Crippen molar-refractivity contribution in [3.63, 3.8) is 0 Å². The molecule has 10 nitrogen and oxygen atoms in total. The van der Waals surface area contributed by atoms with Crippen molar-refractivity contribution < 1.29 is 18.1 Å². The smallest absolute Gasteiger partial charge is 0.293 e. The van der Waals surface area contributed by atoms with E-state index in [4.69, 9.17) is 16.3 Å². The molecule has 0 atom stereocenters. The van der Waals surface area contributed by atoms with Crippen molar-refractivity contribution in [2.24, 2.45) is 0 Å². The Morgan fingerprint density at radius 2 is 1.68 bits per heavy atom. The minimum absolute atomic E-state index is 0.0751. The Labute approximate surface area is 185 Å². The third-order valence-corrected chi connectivity index (χ3v) is 7.53. The Bertz CT molecular complexity index is 1050. The van der Waals surface area contributed by atoms with E-state index in [1.165, 1.54) is 16.4 Å². The average molecular weight is 468 g/mol. The minimum atomic E-state index is -3.81. The number of hydrogen-bond acceptors (Lipinski definition) is 8. The summed E-state index contributed by atoms with van der Waals surface area (Å²) in [6.45, 7) is 3.43. The van der Waals surface area contributed by atoms with Crippen LogP contribution in [-0.4, -0.2) is 75.1 Å². The molecule has 31 heavy (non-hydrogen) atoms. The topological polar surface area (TPSA) is 109 Å². The number of pyridine rings is 1. The molecule has 0 aliphatic carbocycles. The van der Waals surface area contributed by atoms with Gasteiger partial charge in [-0.05, 0) is 24.3 Å². The van der Waals surface area contributed by atoms with E-state index in [0.717, 1.165) is 11.9 Å². The SMILES string of the molecule is O=[N+]([O-])c1cc(S(=O)(=O)N2CCOCC2)ccc1N1CCN(c2ccc(Cl)cn2)CC1. The largest absolute Gasteiger partial charge is 0.379 e. The van der Waals surface area contributed by atoms with E-state index in [2.05, 4.69) is 9.88 Å². The molecule has 0 saturated carbocycles. The molecule has 3 heterocycles. The maximum atomic E-state index is 12.9. The van der Waals surface area contributed by atoms with Gasteiger partial charge in [0.05, 0.1) is 28.1 Å². The van der Waals surface area contributed by atoms with Gasteiger partial charge in [-0.25, -0.2) is 13.4 Å². The summed E-state index contributed by atoms with van der Waals surface area (Å²) in [5.74, 6) is 0.797. The van der Waals surface area contributed by atoms with Crippen LogP contribution in [0.15, 0.2) is 41.4 Å². The van der Waals surface area contributed by atoms with Crippen LogP contribution in [0.2, 0.25) is 5.02 Å². The number of anilines is 2. The predicted molar refractivity (Wildman–Crippen MR) is 116 cm³/mol. The van der Waals surface area contributed by atoms with Gasteiger partial charge >= 0.3 is 0 Å². The molecule has 2 aliphatic heterocycles. The lowest BCUT2D eigenvalue weighted by atomic mass is 10.2. The van der Waals surface area contributed by atoms with Gasteiger partial charge in [-0.1, -0.05) is 11.6 Å². The van der Waals surface area contributed by atoms with Crippen molar-refractivity contribution in [3.05, 3.63) is 51.7 Å². The molecule has 0 unspecified atom stereocenters. The Morgan fingerprint density at radius 1 is 1.00 bits per heavy atom. The molecule has 0 amide bonds. The van der Waals surface area contributed by atoms with Crippen LogP contribution in [0.25, 0.3) is 0 Å². The third kappa shape index (κ3) is 4.59. The second-order valence-corrected chi connectivity index (χ2v) is 9.61. The fraction of sp³-hybridized carbons (Fsp3) is 0.421. The first-order valence-corrected chi connectivity index (χ1v) is 11.7. The molecule has 0 N–H and O–H groups in total. The molecule has 2 saturated heterocycles. The Hall–Kier alpha value is -2.47. The number of aromatic nitrogens is 1. The van der Waals surface area contributed by atoms with Gasteiger partial charge in [-0.15, -0.1) is 0 Å². The maximum Gasteiger partial charge on any atom is 0.293 e. The average Bonchev–Trinajstić information content (AvgIpc) is 2.80. The number of rotatable bonds is 5. The Balaban J connectivity index is 1.54. The van der Waals surface area contributed by atoms with Gasteiger partial charge in [0.2, 0.25) is 10.0 Å². The summed E-state index contributed by atoms with van der Waals surface area (Å²) in [5, 5.41) is 12.3. The maximum absolute atomic E-state index is 12.9.